The molecule has 1 N–H and O–H groups in total. The van der Waals surface area contributed by atoms with Crippen LogP contribution in [0.5, 0.6) is 0 Å². The molecule has 0 spiro atoms. The molecule has 23 heavy (non-hydrogen) atoms. The van der Waals surface area contributed by atoms with Crippen LogP contribution in [0.1, 0.15) is 32.8 Å². The molecule has 2 aromatic rings. The first kappa shape index (κ1) is 17.1. The first-order valence-electron chi connectivity index (χ1n) is 7.15. The summed E-state index contributed by atoms with van der Waals surface area (Å²) in [6.45, 7) is 3.69. The topological polar surface area (TPSA) is 55.4 Å². The standard InChI is InChI=1S/C17H18FNO3S/c1-10-11(2)23-16(15(10)17(21)22-3)19-14(20)9-8-12-6-4-5-7-13(12)18/h4-7H,8-9H2,1-3H3,(H,19,20). The van der Waals surface area contributed by atoms with Crippen LogP contribution in [-0.2, 0) is 16.0 Å². The minimum atomic E-state index is -0.476. The van der Waals surface area contributed by atoms with Gasteiger partial charge in [0.15, 0.2) is 0 Å². The molecule has 0 aliphatic rings. The number of amides is 1. The lowest BCUT2D eigenvalue weighted by atomic mass is 10.1. The number of carbonyl (C=O) groups excluding carboxylic acids is 2. The number of anilines is 1. The van der Waals surface area contributed by atoms with Crippen LogP contribution in [0.4, 0.5) is 9.39 Å². The molecular formula is C17H18FNO3S. The van der Waals surface area contributed by atoms with Crippen LogP contribution in [0.3, 0.4) is 0 Å². The number of ether oxygens (including phenoxy) is 1. The number of rotatable bonds is 5. The number of aryl methyl sites for hydroxylation is 2. The number of carbonyl (C=O) groups is 2. The molecule has 2 rings (SSSR count). The highest BCUT2D eigenvalue weighted by Gasteiger charge is 2.21. The van der Waals surface area contributed by atoms with E-state index in [9.17, 15) is 14.0 Å². The van der Waals surface area contributed by atoms with Gasteiger partial charge in [-0.05, 0) is 37.5 Å². The molecule has 0 bridgehead atoms. The zero-order valence-corrected chi connectivity index (χ0v) is 14.1. The number of hydrogen-bond donors (Lipinski definition) is 1. The van der Waals surface area contributed by atoms with Crippen LogP contribution >= 0.6 is 11.3 Å². The monoisotopic (exact) mass is 335 g/mol. The predicted octanol–water partition coefficient (Wildman–Crippen LogP) is 3.86. The first-order valence-corrected chi connectivity index (χ1v) is 7.97. The summed E-state index contributed by atoms with van der Waals surface area (Å²) < 4.78 is 18.3. The molecule has 1 heterocycles. The van der Waals surface area contributed by atoms with Gasteiger partial charge in [0.2, 0.25) is 5.91 Å². The van der Waals surface area contributed by atoms with Gasteiger partial charge in [-0.1, -0.05) is 18.2 Å². The number of nitrogens with one attached hydrogen (secondary N) is 1. The SMILES string of the molecule is COC(=O)c1c(NC(=O)CCc2ccccc2F)sc(C)c1C. The van der Waals surface area contributed by atoms with Crippen molar-refractivity contribution >= 4 is 28.2 Å². The molecule has 0 unspecified atom stereocenters. The third kappa shape index (κ3) is 3.96. The molecule has 1 amide bonds. The molecule has 122 valence electrons. The average Bonchev–Trinajstić information content (AvgIpc) is 2.80. The second-order valence-corrected chi connectivity index (χ2v) is 6.34. The van der Waals surface area contributed by atoms with Crippen molar-refractivity contribution in [2.24, 2.45) is 0 Å². The van der Waals surface area contributed by atoms with Crippen molar-refractivity contribution in [2.45, 2.75) is 26.7 Å². The largest absolute Gasteiger partial charge is 0.465 e. The lowest BCUT2D eigenvalue weighted by Gasteiger charge is -2.07. The van der Waals surface area contributed by atoms with Gasteiger partial charge in [0.1, 0.15) is 10.8 Å². The smallest absolute Gasteiger partial charge is 0.341 e. The van der Waals surface area contributed by atoms with E-state index in [1.54, 1.807) is 18.2 Å². The van der Waals surface area contributed by atoms with E-state index in [0.717, 1.165) is 10.4 Å². The predicted molar refractivity (Wildman–Crippen MR) is 88.5 cm³/mol. The molecule has 0 aliphatic heterocycles. The summed E-state index contributed by atoms with van der Waals surface area (Å²) in [7, 11) is 1.30. The van der Waals surface area contributed by atoms with E-state index >= 15 is 0 Å². The Morgan fingerprint density at radius 2 is 1.96 bits per heavy atom. The van der Waals surface area contributed by atoms with Crippen LogP contribution in [0.2, 0.25) is 0 Å². The highest BCUT2D eigenvalue weighted by Crippen LogP contribution is 2.33. The van der Waals surface area contributed by atoms with Crippen LogP contribution in [0.25, 0.3) is 0 Å². The average molecular weight is 335 g/mol. The van der Waals surface area contributed by atoms with Crippen molar-refractivity contribution in [1.82, 2.24) is 0 Å². The van der Waals surface area contributed by atoms with Crippen LogP contribution in [0, 0.1) is 19.7 Å². The van der Waals surface area contributed by atoms with Gasteiger partial charge in [0.25, 0.3) is 0 Å². The minimum absolute atomic E-state index is 0.136. The van der Waals surface area contributed by atoms with Crippen LogP contribution in [0.15, 0.2) is 24.3 Å². The van der Waals surface area contributed by atoms with E-state index in [1.165, 1.54) is 24.5 Å². The molecular weight excluding hydrogens is 317 g/mol. The third-order valence-corrected chi connectivity index (χ3v) is 4.73. The quantitative estimate of drug-likeness (QED) is 0.844. The summed E-state index contributed by atoms with van der Waals surface area (Å²) in [4.78, 5) is 24.9. The lowest BCUT2D eigenvalue weighted by Crippen LogP contribution is -2.14. The van der Waals surface area contributed by atoms with Gasteiger partial charge in [-0.15, -0.1) is 11.3 Å². The van der Waals surface area contributed by atoms with Crippen molar-refractivity contribution in [3.63, 3.8) is 0 Å². The summed E-state index contributed by atoms with van der Waals surface area (Å²) in [5.41, 5.74) is 1.68. The fourth-order valence-electron chi connectivity index (χ4n) is 2.20. The Kier molecular flexibility index (Phi) is 5.50. The number of benzene rings is 1. The van der Waals surface area contributed by atoms with Crippen molar-refractivity contribution in [3.8, 4) is 0 Å². The second kappa shape index (κ2) is 7.37. The molecule has 0 aliphatic carbocycles. The van der Waals surface area contributed by atoms with Gasteiger partial charge in [-0.25, -0.2) is 9.18 Å². The van der Waals surface area contributed by atoms with Gasteiger partial charge >= 0.3 is 5.97 Å². The number of hydrogen-bond acceptors (Lipinski definition) is 4. The van der Waals surface area contributed by atoms with Crippen molar-refractivity contribution < 1.29 is 18.7 Å². The number of thiophene rings is 1. The fourth-order valence-corrected chi connectivity index (χ4v) is 3.27. The van der Waals surface area contributed by atoms with Gasteiger partial charge < -0.3 is 10.1 Å². The highest BCUT2D eigenvalue weighted by atomic mass is 32.1. The van der Waals surface area contributed by atoms with E-state index in [-0.39, 0.29) is 18.1 Å². The van der Waals surface area contributed by atoms with E-state index in [0.29, 0.717) is 22.5 Å². The third-order valence-electron chi connectivity index (χ3n) is 3.61. The molecule has 0 radical (unpaired) electrons. The zero-order chi connectivity index (χ0) is 17.0. The van der Waals surface area contributed by atoms with Crippen LogP contribution < -0.4 is 5.32 Å². The lowest BCUT2D eigenvalue weighted by molar-refractivity contribution is -0.116. The Bertz CT molecular complexity index is 739. The number of halogens is 1. The molecule has 1 aromatic carbocycles. The Hall–Kier alpha value is -2.21. The normalized spacial score (nSPS) is 10.4. The second-order valence-electron chi connectivity index (χ2n) is 5.12. The Balaban J connectivity index is 2.08. The Labute approximate surface area is 138 Å². The van der Waals surface area contributed by atoms with Gasteiger partial charge in [0, 0.05) is 11.3 Å². The van der Waals surface area contributed by atoms with Crippen LogP contribution in [-0.4, -0.2) is 19.0 Å². The summed E-state index contributed by atoms with van der Waals surface area (Å²) in [5.74, 6) is -1.06. The van der Waals surface area contributed by atoms with E-state index < -0.39 is 5.97 Å². The van der Waals surface area contributed by atoms with E-state index in [2.05, 4.69) is 5.32 Å². The molecule has 1 aromatic heterocycles. The summed E-state index contributed by atoms with van der Waals surface area (Å²) in [6.07, 6.45) is 0.437. The number of esters is 1. The molecule has 0 saturated carbocycles. The van der Waals surface area contributed by atoms with Gasteiger partial charge in [-0.3, -0.25) is 4.79 Å². The maximum absolute atomic E-state index is 13.5. The Morgan fingerprint density at radius 3 is 2.61 bits per heavy atom. The number of methoxy groups -OCH3 is 1. The summed E-state index contributed by atoms with van der Waals surface area (Å²) >= 11 is 1.33. The Morgan fingerprint density at radius 1 is 1.26 bits per heavy atom. The zero-order valence-electron chi connectivity index (χ0n) is 13.2. The molecule has 0 fully saturated rings. The first-order chi connectivity index (χ1) is 10.9. The summed E-state index contributed by atoms with van der Waals surface area (Å²) in [5, 5.41) is 3.21. The summed E-state index contributed by atoms with van der Waals surface area (Å²) in [6, 6.07) is 6.37. The molecule has 0 saturated heterocycles. The van der Waals surface area contributed by atoms with E-state index in [4.69, 9.17) is 4.74 Å². The van der Waals surface area contributed by atoms with Crippen molar-refractivity contribution in [1.29, 1.82) is 0 Å². The maximum Gasteiger partial charge on any atom is 0.341 e. The maximum atomic E-state index is 13.5. The van der Waals surface area contributed by atoms with Crippen molar-refractivity contribution in [2.75, 3.05) is 12.4 Å². The minimum Gasteiger partial charge on any atom is -0.465 e. The molecule has 4 nitrogen and oxygen atoms in total. The highest BCUT2D eigenvalue weighted by molar-refractivity contribution is 7.16. The molecule has 0 atom stereocenters. The molecule has 6 heteroatoms. The van der Waals surface area contributed by atoms with Gasteiger partial charge in [0.05, 0.1) is 12.7 Å². The van der Waals surface area contributed by atoms with E-state index in [1.807, 2.05) is 13.8 Å². The van der Waals surface area contributed by atoms with Gasteiger partial charge in [-0.2, -0.15) is 0 Å². The van der Waals surface area contributed by atoms with Crippen molar-refractivity contribution in [3.05, 3.63) is 51.7 Å². The fraction of sp³-hybridized carbons (Fsp3) is 0.294.